The highest BCUT2D eigenvalue weighted by molar-refractivity contribution is 6.03. The highest BCUT2D eigenvalue weighted by atomic mass is 16.3. The monoisotopic (exact) mass is 340 g/mol. The maximum Gasteiger partial charge on any atom is 0.233 e. The molecular formula is C20H24N2O3. The van der Waals surface area contributed by atoms with E-state index in [0.29, 0.717) is 12.1 Å². The third-order valence-corrected chi connectivity index (χ3v) is 3.89. The number of benzene rings is 2. The van der Waals surface area contributed by atoms with Gasteiger partial charge in [0.2, 0.25) is 11.8 Å². The Morgan fingerprint density at radius 3 is 2.40 bits per heavy atom. The van der Waals surface area contributed by atoms with Gasteiger partial charge in [0.25, 0.3) is 0 Å². The summed E-state index contributed by atoms with van der Waals surface area (Å²) >= 11 is 0. The molecule has 2 amide bonds. The van der Waals surface area contributed by atoms with E-state index in [1.165, 1.54) is 0 Å². The summed E-state index contributed by atoms with van der Waals surface area (Å²) in [5.74, 6) is -0.780. The fourth-order valence-corrected chi connectivity index (χ4v) is 2.63. The quantitative estimate of drug-likeness (QED) is 0.677. The van der Waals surface area contributed by atoms with Crippen molar-refractivity contribution in [1.82, 2.24) is 5.32 Å². The standard InChI is InChI=1S/C20H24N2O3/c1-14-8-9-18(15(2)10-14)22-20(25)12-19(24)21-17(13-23)11-16-6-4-3-5-7-16/h3-10,17,23H,11-13H2,1-2H3,(H,21,24)(H,22,25)/t17-/m0/s1. The zero-order chi connectivity index (χ0) is 18.2. The number of aliphatic hydroxyl groups excluding tert-OH is 1. The minimum Gasteiger partial charge on any atom is -0.394 e. The summed E-state index contributed by atoms with van der Waals surface area (Å²) in [4.78, 5) is 24.1. The van der Waals surface area contributed by atoms with E-state index < -0.39 is 11.9 Å². The second-order valence-corrected chi connectivity index (χ2v) is 6.18. The van der Waals surface area contributed by atoms with E-state index in [4.69, 9.17) is 0 Å². The van der Waals surface area contributed by atoms with Crippen molar-refractivity contribution in [2.24, 2.45) is 0 Å². The van der Waals surface area contributed by atoms with Crippen molar-refractivity contribution in [3.8, 4) is 0 Å². The van der Waals surface area contributed by atoms with Crippen molar-refractivity contribution in [2.75, 3.05) is 11.9 Å². The van der Waals surface area contributed by atoms with Crippen molar-refractivity contribution >= 4 is 17.5 Å². The normalized spacial score (nSPS) is 11.6. The minimum atomic E-state index is -0.413. The van der Waals surface area contributed by atoms with Crippen LogP contribution in [0.4, 0.5) is 5.69 Å². The predicted octanol–water partition coefficient (Wildman–Crippen LogP) is 2.35. The molecule has 0 spiro atoms. The molecule has 0 fully saturated rings. The fourth-order valence-electron chi connectivity index (χ4n) is 2.63. The molecule has 2 aromatic carbocycles. The van der Waals surface area contributed by atoms with Gasteiger partial charge in [-0.3, -0.25) is 9.59 Å². The summed E-state index contributed by atoms with van der Waals surface area (Å²) in [6, 6.07) is 14.9. The Bertz CT molecular complexity index is 729. The lowest BCUT2D eigenvalue weighted by atomic mass is 10.1. The molecule has 2 aromatic rings. The topological polar surface area (TPSA) is 78.4 Å². The lowest BCUT2D eigenvalue weighted by Crippen LogP contribution is -2.40. The van der Waals surface area contributed by atoms with E-state index in [9.17, 15) is 14.7 Å². The molecule has 0 saturated carbocycles. The van der Waals surface area contributed by atoms with E-state index in [0.717, 1.165) is 16.7 Å². The first-order valence-electron chi connectivity index (χ1n) is 8.29. The molecule has 5 nitrogen and oxygen atoms in total. The molecule has 132 valence electrons. The number of aryl methyl sites for hydroxylation is 2. The van der Waals surface area contributed by atoms with Gasteiger partial charge in [-0.1, -0.05) is 48.0 Å². The molecule has 0 aliphatic rings. The summed E-state index contributed by atoms with van der Waals surface area (Å²) in [5, 5.41) is 14.9. The summed E-state index contributed by atoms with van der Waals surface area (Å²) < 4.78 is 0. The van der Waals surface area contributed by atoms with E-state index in [-0.39, 0.29) is 18.9 Å². The van der Waals surface area contributed by atoms with Crippen molar-refractivity contribution < 1.29 is 14.7 Å². The smallest absolute Gasteiger partial charge is 0.233 e. The lowest BCUT2D eigenvalue weighted by molar-refractivity contribution is -0.127. The van der Waals surface area contributed by atoms with E-state index in [2.05, 4.69) is 10.6 Å². The zero-order valence-corrected chi connectivity index (χ0v) is 14.6. The van der Waals surface area contributed by atoms with Gasteiger partial charge >= 0.3 is 0 Å². The summed E-state index contributed by atoms with van der Waals surface area (Å²) in [5.41, 5.74) is 3.78. The molecular weight excluding hydrogens is 316 g/mol. The number of amides is 2. The maximum absolute atomic E-state index is 12.1. The third-order valence-electron chi connectivity index (χ3n) is 3.89. The lowest BCUT2D eigenvalue weighted by Gasteiger charge is -2.16. The molecule has 1 atom stereocenters. The summed E-state index contributed by atoms with van der Waals surface area (Å²) in [6.45, 7) is 3.71. The van der Waals surface area contributed by atoms with Crippen molar-refractivity contribution in [3.63, 3.8) is 0 Å². The van der Waals surface area contributed by atoms with Crippen molar-refractivity contribution in [2.45, 2.75) is 32.7 Å². The molecule has 25 heavy (non-hydrogen) atoms. The molecule has 0 aliphatic carbocycles. The fraction of sp³-hybridized carbons (Fsp3) is 0.300. The number of anilines is 1. The van der Waals surface area contributed by atoms with E-state index in [1.807, 2.05) is 62.4 Å². The van der Waals surface area contributed by atoms with Gasteiger partial charge in [-0.2, -0.15) is 0 Å². The van der Waals surface area contributed by atoms with Crippen LogP contribution in [-0.2, 0) is 16.0 Å². The van der Waals surface area contributed by atoms with Crippen LogP contribution in [0.5, 0.6) is 0 Å². The molecule has 0 unspecified atom stereocenters. The van der Waals surface area contributed by atoms with Crippen molar-refractivity contribution in [1.29, 1.82) is 0 Å². The number of aliphatic hydroxyl groups is 1. The van der Waals surface area contributed by atoms with Crippen LogP contribution in [0.15, 0.2) is 48.5 Å². The molecule has 5 heteroatoms. The Morgan fingerprint density at radius 1 is 1.04 bits per heavy atom. The Labute approximate surface area is 148 Å². The summed E-state index contributed by atoms with van der Waals surface area (Å²) in [6.07, 6.45) is 0.236. The highest BCUT2D eigenvalue weighted by Gasteiger charge is 2.15. The Kier molecular flexibility index (Phi) is 6.71. The maximum atomic E-state index is 12.1. The number of hydrogen-bond donors (Lipinski definition) is 3. The van der Waals surface area contributed by atoms with Gasteiger partial charge in [-0.15, -0.1) is 0 Å². The van der Waals surface area contributed by atoms with Crippen LogP contribution in [0.1, 0.15) is 23.1 Å². The van der Waals surface area contributed by atoms with Crippen LogP contribution in [0.25, 0.3) is 0 Å². The molecule has 0 bridgehead atoms. The molecule has 0 heterocycles. The van der Waals surface area contributed by atoms with Crippen molar-refractivity contribution in [3.05, 3.63) is 65.2 Å². The van der Waals surface area contributed by atoms with E-state index in [1.54, 1.807) is 0 Å². The average Bonchev–Trinajstić information content (AvgIpc) is 2.57. The molecule has 0 aliphatic heterocycles. The second-order valence-electron chi connectivity index (χ2n) is 6.18. The first kappa shape index (κ1) is 18.7. The third kappa shape index (κ3) is 6.04. The van der Waals surface area contributed by atoms with Crippen LogP contribution >= 0.6 is 0 Å². The van der Waals surface area contributed by atoms with Crippen LogP contribution in [0.2, 0.25) is 0 Å². The van der Waals surface area contributed by atoms with Crippen LogP contribution in [0.3, 0.4) is 0 Å². The first-order chi connectivity index (χ1) is 12.0. The largest absolute Gasteiger partial charge is 0.394 e. The van der Waals surface area contributed by atoms with Gasteiger partial charge in [0, 0.05) is 5.69 Å². The highest BCUT2D eigenvalue weighted by Crippen LogP contribution is 2.16. The zero-order valence-electron chi connectivity index (χ0n) is 14.6. The molecule has 0 radical (unpaired) electrons. The van der Waals surface area contributed by atoms with Gasteiger partial charge in [-0.25, -0.2) is 0 Å². The number of carbonyl (C=O) groups excluding carboxylic acids is 2. The van der Waals surface area contributed by atoms with Gasteiger partial charge < -0.3 is 15.7 Å². The number of nitrogens with one attached hydrogen (secondary N) is 2. The number of carbonyl (C=O) groups is 2. The first-order valence-corrected chi connectivity index (χ1v) is 8.29. The van der Waals surface area contributed by atoms with Gasteiger partial charge in [-0.05, 0) is 37.5 Å². The Morgan fingerprint density at radius 2 is 1.76 bits per heavy atom. The summed E-state index contributed by atoms with van der Waals surface area (Å²) in [7, 11) is 0. The molecule has 3 N–H and O–H groups in total. The second kappa shape index (κ2) is 8.99. The van der Waals surface area contributed by atoms with Gasteiger partial charge in [0.05, 0.1) is 12.6 Å². The number of hydrogen-bond acceptors (Lipinski definition) is 3. The molecule has 0 saturated heterocycles. The van der Waals surface area contributed by atoms with E-state index >= 15 is 0 Å². The number of rotatable bonds is 7. The van der Waals surface area contributed by atoms with Crippen LogP contribution < -0.4 is 10.6 Å². The Balaban J connectivity index is 1.86. The van der Waals surface area contributed by atoms with Crippen LogP contribution in [0, 0.1) is 13.8 Å². The molecule has 0 aromatic heterocycles. The SMILES string of the molecule is Cc1ccc(NC(=O)CC(=O)N[C@H](CO)Cc2ccccc2)c(C)c1. The van der Waals surface area contributed by atoms with Gasteiger partial charge in [0.15, 0.2) is 0 Å². The molecule has 2 rings (SSSR count). The Hall–Kier alpha value is -2.66. The van der Waals surface area contributed by atoms with Gasteiger partial charge in [0.1, 0.15) is 6.42 Å². The minimum absolute atomic E-state index is 0.181. The van der Waals surface area contributed by atoms with Crippen LogP contribution in [-0.4, -0.2) is 29.6 Å². The predicted molar refractivity (Wildman–Crippen MR) is 98.3 cm³/mol. The average molecular weight is 340 g/mol.